The number of anilines is 1. The van der Waals surface area contributed by atoms with Gasteiger partial charge >= 0.3 is 0 Å². The fourth-order valence-corrected chi connectivity index (χ4v) is 5.71. The molecule has 2 N–H and O–H groups in total. The van der Waals surface area contributed by atoms with Crippen molar-refractivity contribution in [1.29, 1.82) is 0 Å². The predicted octanol–water partition coefficient (Wildman–Crippen LogP) is 4.58. The SMILES string of the molecule is COc1cccc(OC)c1-c1cn(COCC[Si](C)(C)C)c2nc(NC(=O)C3CC34CNC4)ccc12. The Morgan fingerprint density at radius 2 is 1.89 bits per heavy atom. The Labute approximate surface area is 213 Å². The molecule has 2 aliphatic rings. The van der Waals surface area contributed by atoms with Crippen LogP contribution in [0.15, 0.2) is 36.5 Å². The summed E-state index contributed by atoms with van der Waals surface area (Å²) in [6.45, 7) is 9.96. The zero-order chi connectivity index (χ0) is 25.5. The first-order valence-electron chi connectivity index (χ1n) is 12.6. The van der Waals surface area contributed by atoms with Gasteiger partial charge in [0, 0.05) is 56.2 Å². The number of nitrogens with one attached hydrogen (secondary N) is 2. The fraction of sp³-hybridized carbons (Fsp3) is 0.481. The van der Waals surface area contributed by atoms with E-state index in [2.05, 4.69) is 30.3 Å². The zero-order valence-electron chi connectivity index (χ0n) is 21.8. The maximum Gasteiger partial charge on any atom is 0.229 e. The highest BCUT2D eigenvalue weighted by atomic mass is 28.3. The Bertz CT molecular complexity index is 1260. The van der Waals surface area contributed by atoms with Crippen LogP contribution in [0, 0.1) is 11.3 Å². The Kier molecular flexibility index (Phi) is 6.57. The van der Waals surface area contributed by atoms with E-state index in [1.165, 1.54) is 0 Å². The third-order valence-corrected chi connectivity index (χ3v) is 9.06. The van der Waals surface area contributed by atoms with Crippen molar-refractivity contribution in [3.05, 3.63) is 36.5 Å². The smallest absolute Gasteiger partial charge is 0.229 e. The highest BCUT2D eigenvalue weighted by Gasteiger charge is 2.61. The molecule has 1 saturated heterocycles. The molecule has 0 bridgehead atoms. The highest BCUT2D eigenvalue weighted by molar-refractivity contribution is 6.76. The highest BCUT2D eigenvalue weighted by Crippen LogP contribution is 2.55. The second-order valence-electron chi connectivity index (χ2n) is 11.2. The number of amides is 1. The number of pyridine rings is 1. The molecule has 1 aliphatic heterocycles. The van der Waals surface area contributed by atoms with Crippen molar-refractivity contribution in [2.24, 2.45) is 11.3 Å². The third kappa shape index (κ3) is 4.75. The van der Waals surface area contributed by atoms with Crippen LogP contribution in [0.1, 0.15) is 6.42 Å². The van der Waals surface area contributed by atoms with Crippen molar-refractivity contribution in [3.63, 3.8) is 0 Å². The van der Waals surface area contributed by atoms with Gasteiger partial charge in [0.1, 0.15) is 29.7 Å². The van der Waals surface area contributed by atoms with Gasteiger partial charge in [-0.1, -0.05) is 25.7 Å². The van der Waals surface area contributed by atoms with Crippen LogP contribution >= 0.6 is 0 Å². The minimum Gasteiger partial charge on any atom is -0.496 e. The molecule has 3 aromatic rings. The summed E-state index contributed by atoms with van der Waals surface area (Å²) >= 11 is 0. The minimum absolute atomic E-state index is 0.0551. The van der Waals surface area contributed by atoms with E-state index >= 15 is 0 Å². The first-order valence-corrected chi connectivity index (χ1v) is 16.3. The van der Waals surface area contributed by atoms with Crippen LogP contribution in [0.4, 0.5) is 5.82 Å². The van der Waals surface area contributed by atoms with Crippen LogP contribution in [-0.4, -0.2) is 57.4 Å². The lowest BCUT2D eigenvalue weighted by Gasteiger charge is -2.28. The number of carbonyl (C=O) groups is 1. The summed E-state index contributed by atoms with van der Waals surface area (Å²) in [5, 5.41) is 7.28. The minimum atomic E-state index is -1.20. The zero-order valence-corrected chi connectivity index (χ0v) is 22.8. The largest absolute Gasteiger partial charge is 0.496 e. The molecule has 36 heavy (non-hydrogen) atoms. The number of benzene rings is 1. The molecule has 9 heteroatoms. The first kappa shape index (κ1) is 24.8. The Morgan fingerprint density at radius 3 is 2.47 bits per heavy atom. The van der Waals surface area contributed by atoms with Gasteiger partial charge in [0.15, 0.2) is 0 Å². The van der Waals surface area contributed by atoms with Crippen molar-refractivity contribution >= 4 is 30.8 Å². The standard InChI is InChI=1S/C27H36N4O4Si/c1-33-21-7-6-8-22(34-2)24(21)19-14-31(17-35-11-12-36(3,4)5)25-18(19)9-10-23(29-25)30-26(32)20-13-27(20)15-28-16-27/h6-10,14,20,28H,11-13,15-17H2,1-5H3,(H,29,30,32). The molecular weight excluding hydrogens is 472 g/mol. The van der Waals surface area contributed by atoms with E-state index < -0.39 is 8.07 Å². The van der Waals surface area contributed by atoms with Gasteiger partial charge in [-0.15, -0.1) is 0 Å². The lowest BCUT2D eigenvalue weighted by molar-refractivity contribution is -0.118. The van der Waals surface area contributed by atoms with Gasteiger partial charge in [-0.25, -0.2) is 4.98 Å². The average Bonchev–Trinajstić information content (AvgIpc) is 3.52. The van der Waals surface area contributed by atoms with Crippen LogP contribution in [0.5, 0.6) is 11.5 Å². The number of ether oxygens (including phenoxy) is 3. The summed E-state index contributed by atoms with van der Waals surface area (Å²) in [6.07, 6.45) is 2.99. The van der Waals surface area contributed by atoms with E-state index in [0.29, 0.717) is 19.2 Å². The number of methoxy groups -OCH3 is 2. The van der Waals surface area contributed by atoms with Crippen LogP contribution < -0.4 is 20.1 Å². The molecule has 1 atom stereocenters. The van der Waals surface area contributed by atoms with E-state index in [1.54, 1.807) is 14.2 Å². The molecule has 1 unspecified atom stereocenters. The lowest BCUT2D eigenvalue weighted by atomic mass is 9.96. The van der Waals surface area contributed by atoms with Gasteiger partial charge in [0.2, 0.25) is 5.91 Å². The summed E-state index contributed by atoms with van der Waals surface area (Å²) < 4.78 is 19.5. The number of carbonyl (C=O) groups excluding carboxylic acids is 1. The van der Waals surface area contributed by atoms with Crippen molar-refractivity contribution in [1.82, 2.24) is 14.9 Å². The number of aromatic nitrogens is 2. The van der Waals surface area contributed by atoms with E-state index in [1.807, 2.05) is 41.1 Å². The molecule has 1 amide bonds. The molecule has 1 aliphatic carbocycles. The molecule has 3 heterocycles. The molecule has 2 fully saturated rings. The quantitative estimate of drug-likeness (QED) is 0.308. The molecule has 5 rings (SSSR count). The third-order valence-electron chi connectivity index (χ3n) is 7.36. The number of fused-ring (bicyclic) bond motifs is 1. The number of hydrogen-bond donors (Lipinski definition) is 2. The monoisotopic (exact) mass is 508 g/mol. The van der Waals surface area contributed by atoms with Gasteiger partial charge in [-0.05, 0) is 36.7 Å². The predicted molar refractivity (Wildman–Crippen MR) is 144 cm³/mol. The van der Waals surface area contributed by atoms with E-state index in [4.69, 9.17) is 19.2 Å². The van der Waals surface area contributed by atoms with Crippen molar-refractivity contribution in [2.75, 3.05) is 39.2 Å². The van der Waals surface area contributed by atoms with Crippen molar-refractivity contribution in [2.45, 2.75) is 38.8 Å². The van der Waals surface area contributed by atoms with Gasteiger partial charge in [-0.3, -0.25) is 4.79 Å². The second-order valence-corrected chi connectivity index (χ2v) is 16.8. The molecular formula is C27H36N4O4Si. The van der Waals surface area contributed by atoms with Crippen LogP contribution in [0.25, 0.3) is 22.2 Å². The normalized spacial score (nSPS) is 18.2. The van der Waals surface area contributed by atoms with Crippen LogP contribution in [0.2, 0.25) is 25.7 Å². The Balaban J connectivity index is 1.48. The number of hydrogen-bond acceptors (Lipinski definition) is 6. The molecule has 2 aromatic heterocycles. The molecule has 8 nitrogen and oxygen atoms in total. The van der Waals surface area contributed by atoms with E-state index in [0.717, 1.165) is 59.2 Å². The van der Waals surface area contributed by atoms with Gasteiger partial charge in [-0.2, -0.15) is 0 Å². The van der Waals surface area contributed by atoms with E-state index in [9.17, 15) is 4.79 Å². The fourth-order valence-electron chi connectivity index (χ4n) is 4.96. The van der Waals surface area contributed by atoms with Gasteiger partial charge < -0.3 is 29.4 Å². The Hall–Kier alpha value is -2.88. The Morgan fingerprint density at radius 1 is 1.17 bits per heavy atom. The van der Waals surface area contributed by atoms with Crippen LogP contribution in [-0.2, 0) is 16.3 Å². The molecule has 1 saturated carbocycles. The lowest BCUT2D eigenvalue weighted by Crippen LogP contribution is -2.46. The summed E-state index contributed by atoms with van der Waals surface area (Å²) in [4.78, 5) is 17.7. The average molecular weight is 509 g/mol. The second kappa shape index (κ2) is 9.53. The number of rotatable bonds is 10. The number of nitrogens with zero attached hydrogens (tertiary/aromatic N) is 2. The molecule has 1 spiro atoms. The maximum absolute atomic E-state index is 12.9. The van der Waals surface area contributed by atoms with Crippen LogP contribution in [0.3, 0.4) is 0 Å². The maximum atomic E-state index is 12.9. The first-order chi connectivity index (χ1) is 17.2. The van der Waals surface area contributed by atoms with Crippen molar-refractivity contribution < 1.29 is 19.0 Å². The topological polar surface area (TPSA) is 86.6 Å². The van der Waals surface area contributed by atoms with Gasteiger partial charge in [0.25, 0.3) is 0 Å². The molecule has 0 radical (unpaired) electrons. The van der Waals surface area contributed by atoms with Crippen molar-refractivity contribution in [3.8, 4) is 22.6 Å². The van der Waals surface area contributed by atoms with Gasteiger partial charge in [0.05, 0.1) is 19.8 Å². The summed E-state index contributed by atoms with van der Waals surface area (Å²) in [5.41, 5.74) is 2.73. The molecule has 1 aromatic carbocycles. The summed E-state index contributed by atoms with van der Waals surface area (Å²) in [7, 11) is 2.12. The summed E-state index contributed by atoms with van der Waals surface area (Å²) in [5.74, 6) is 2.12. The van der Waals surface area contributed by atoms with E-state index in [-0.39, 0.29) is 17.2 Å². The molecule has 192 valence electrons. The summed E-state index contributed by atoms with van der Waals surface area (Å²) in [6, 6.07) is 10.7.